The van der Waals surface area contributed by atoms with E-state index >= 15 is 0 Å². The second-order valence-corrected chi connectivity index (χ2v) is 9.04. The average Bonchev–Trinajstić information content (AvgIpc) is 3.30. The molecule has 0 aromatic carbocycles. The molecule has 0 radical (unpaired) electrons. The molecular weight excluding hydrogens is 457 g/mol. The lowest BCUT2D eigenvalue weighted by molar-refractivity contribution is -0.173. The van der Waals surface area contributed by atoms with Gasteiger partial charge in [0.1, 0.15) is 5.82 Å². The SMILES string of the molecule is O=C(NC1CCCCC1)c1nn2c(c1Br)N[C@H](c1cccs1)C[C@H]2C(F)(F)F. The van der Waals surface area contributed by atoms with Gasteiger partial charge in [-0.25, -0.2) is 4.68 Å². The molecule has 2 atom stereocenters. The van der Waals surface area contributed by atoms with Gasteiger partial charge in [0, 0.05) is 17.3 Å². The molecule has 28 heavy (non-hydrogen) atoms. The van der Waals surface area contributed by atoms with E-state index in [1.165, 1.54) is 11.3 Å². The summed E-state index contributed by atoms with van der Waals surface area (Å²) >= 11 is 4.72. The van der Waals surface area contributed by atoms with Gasteiger partial charge >= 0.3 is 6.18 Å². The van der Waals surface area contributed by atoms with Crippen LogP contribution in [0.5, 0.6) is 0 Å². The Morgan fingerprint density at radius 1 is 1.32 bits per heavy atom. The number of rotatable bonds is 3. The lowest BCUT2D eigenvalue weighted by Crippen LogP contribution is -2.37. The van der Waals surface area contributed by atoms with E-state index < -0.39 is 24.2 Å². The highest BCUT2D eigenvalue weighted by Gasteiger charge is 2.48. The molecular formula is C18H20BrF3N4OS. The fourth-order valence-corrected chi connectivity index (χ4v) is 5.26. The number of halogens is 4. The van der Waals surface area contributed by atoms with Crippen molar-refractivity contribution in [3.05, 3.63) is 32.6 Å². The van der Waals surface area contributed by atoms with Crippen LogP contribution in [-0.4, -0.2) is 27.9 Å². The van der Waals surface area contributed by atoms with E-state index in [2.05, 4.69) is 31.7 Å². The van der Waals surface area contributed by atoms with E-state index in [1.807, 2.05) is 17.5 Å². The van der Waals surface area contributed by atoms with Crippen molar-refractivity contribution in [1.82, 2.24) is 15.1 Å². The molecule has 2 aromatic heterocycles. The van der Waals surface area contributed by atoms with Gasteiger partial charge in [0.25, 0.3) is 5.91 Å². The highest BCUT2D eigenvalue weighted by molar-refractivity contribution is 9.10. The summed E-state index contributed by atoms with van der Waals surface area (Å²) in [6.45, 7) is 0. The minimum Gasteiger partial charge on any atom is -0.362 e. The molecule has 2 aromatic rings. The molecule has 10 heteroatoms. The molecule has 0 spiro atoms. The zero-order valence-corrected chi connectivity index (χ0v) is 17.3. The Morgan fingerprint density at radius 2 is 2.07 bits per heavy atom. The first-order valence-corrected chi connectivity index (χ1v) is 11.0. The van der Waals surface area contributed by atoms with Crippen molar-refractivity contribution in [2.24, 2.45) is 0 Å². The second-order valence-electron chi connectivity index (χ2n) is 7.27. The van der Waals surface area contributed by atoms with E-state index in [4.69, 9.17) is 0 Å². The lowest BCUT2D eigenvalue weighted by Gasteiger charge is -2.33. The minimum atomic E-state index is -4.46. The topological polar surface area (TPSA) is 59.0 Å². The van der Waals surface area contributed by atoms with Crippen LogP contribution in [0.15, 0.2) is 22.0 Å². The van der Waals surface area contributed by atoms with Gasteiger partial charge < -0.3 is 10.6 Å². The number of thiophene rings is 1. The van der Waals surface area contributed by atoms with E-state index in [0.717, 1.165) is 41.7 Å². The van der Waals surface area contributed by atoms with Gasteiger partial charge in [-0.2, -0.15) is 18.3 Å². The van der Waals surface area contributed by atoms with E-state index in [9.17, 15) is 18.0 Å². The molecule has 0 saturated heterocycles. The third-order valence-electron chi connectivity index (χ3n) is 5.34. The number of hydrogen-bond donors (Lipinski definition) is 2. The van der Waals surface area contributed by atoms with Gasteiger partial charge in [-0.3, -0.25) is 4.79 Å². The number of amides is 1. The average molecular weight is 477 g/mol. The van der Waals surface area contributed by atoms with Crippen LogP contribution in [0, 0.1) is 0 Å². The number of aromatic nitrogens is 2. The van der Waals surface area contributed by atoms with Crippen LogP contribution in [0.25, 0.3) is 0 Å². The number of alkyl halides is 3. The molecule has 5 nitrogen and oxygen atoms in total. The van der Waals surface area contributed by atoms with Crippen molar-refractivity contribution in [2.75, 3.05) is 5.32 Å². The summed E-state index contributed by atoms with van der Waals surface area (Å²) in [5, 5.41) is 12.0. The number of hydrogen-bond acceptors (Lipinski definition) is 4. The van der Waals surface area contributed by atoms with Crippen LogP contribution in [0.2, 0.25) is 0 Å². The van der Waals surface area contributed by atoms with Crippen molar-refractivity contribution >= 4 is 39.0 Å². The first-order valence-electron chi connectivity index (χ1n) is 9.30. The fraction of sp³-hybridized carbons (Fsp3) is 0.556. The largest absolute Gasteiger partial charge is 0.410 e. The van der Waals surface area contributed by atoms with Gasteiger partial charge in [-0.15, -0.1) is 11.3 Å². The predicted molar refractivity (Wildman–Crippen MR) is 105 cm³/mol. The number of nitrogens with one attached hydrogen (secondary N) is 2. The molecule has 1 fully saturated rings. The molecule has 1 aliphatic carbocycles. The Balaban J connectivity index is 1.65. The first-order chi connectivity index (χ1) is 13.3. The molecule has 3 heterocycles. The van der Waals surface area contributed by atoms with Crippen LogP contribution in [0.1, 0.15) is 66.0 Å². The predicted octanol–water partition coefficient (Wildman–Crippen LogP) is 5.43. The van der Waals surface area contributed by atoms with Crippen LogP contribution >= 0.6 is 27.3 Å². The summed E-state index contributed by atoms with van der Waals surface area (Å²) < 4.78 is 42.4. The number of anilines is 1. The normalized spacial score (nSPS) is 23.1. The number of carbonyl (C=O) groups excluding carboxylic acids is 1. The van der Waals surface area contributed by atoms with E-state index in [0.29, 0.717) is 0 Å². The third-order valence-corrected chi connectivity index (χ3v) is 7.07. The van der Waals surface area contributed by atoms with Crippen LogP contribution in [0.3, 0.4) is 0 Å². The van der Waals surface area contributed by atoms with E-state index in [-0.39, 0.29) is 28.4 Å². The van der Waals surface area contributed by atoms with Crippen molar-refractivity contribution in [3.8, 4) is 0 Å². The zero-order chi connectivity index (χ0) is 19.9. The number of nitrogens with zero attached hydrogens (tertiary/aromatic N) is 2. The van der Waals surface area contributed by atoms with E-state index in [1.54, 1.807) is 0 Å². The zero-order valence-electron chi connectivity index (χ0n) is 14.9. The smallest absolute Gasteiger partial charge is 0.362 e. The highest BCUT2D eigenvalue weighted by Crippen LogP contribution is 2.46. The lowest BCUT2D eigenvalue weighted by atomic mass is 9.95. The first kappa shape index (κ1) is 19.8. The maximum absolute atomic E-state index is 13.7. The molecule has 4 rings (SSSR count). The van der Waals surface area contributed by atoms with Crippen LogP contribution < -0.4 is 10.6 Å². The third kappa shape index (κ3) is 3.80. The molecule has 2 N–H and O–H groups in total. The van der Waals surface area contributed by atoms with Gasteiger partial charge in [0.15, 0.2) is 11.7 Å². The molecule has 0 bridgehead atoms. The second kappa shape index (κ2) is 7.70. The summed E-state index contributed by atoms with van der Waals surface area (Å²) in [7, 11) is 0. The Kier molecular flexibility index (Phi) is 5.43. The van der Waals surface area contributed by atoms with Crippen molar-refractivity contribution in [1.29, 1.82) is 0 Å². The number of carbonyl (C=O) groups is 1. The molecule has 1 aliphatic heterocycles. The van der Waals surface area contributed by atoms with Crippen molar-refractivity contribution in [3.63, 3.8) is 0 Å². The summed E-state index contributed by atoms with van der Waals surface area (Å²) in [5.41, 5.74) is -0.00541. The van der Waals surface area contributed by atoms with Gasteiger partial charge in [-0.1, -0.05) is 25.3 Å². The number of fused-ring (bicyclic) bond motifs is 1. The molecule has 152 valence electrons. The maximum Gasteiger partial charge on any atom is 0.410 e. The minimum absolute atomic E-state index is 0.00541. The molecule has 1 amide bonds. The summed E-state index contributed by atoms with van der Waals surface area (Å²) in [4.78, 5) is 13.5. The summed E-state index contributed by atoms with van der Waals surface area (Å²) in [6.07, 6.45) is 0.388. The van der Waals surface area contributed by atoms with Crippen LogP contribution in [-0.2, 0) is 0 Å². The molecule has 0 unspecified atom stereocenters. The Labute approximate surface area is 172 Å². The quantitative estimate of drug-likeness (QED) is 0.620. The maximum atomic E-state index is 13.7. The molecule has 1 saturated carbocycles. The van der Waals surface area contributed by atoms with Gasteiger partial charge in [0.2, 0.25) is 0 Å². The Bertz CT molecular complexity index is 846. The molecule has 2 aliphatic rings. The Hall–Kier alpha value is -1.55. The summed E-state index contributed by atoms with van der Waals surface area (Å²) in [5.74, 6) is -0.239. The standard InChI is InChI=1S/C18H20BrF3N4OS/c19-14-15(17(27)23-10-5-2-1-3-6-10)25-26-13(18(20,21)22)9-11(24-16(14)26)12-7-4-8-28-12/h4,7-8,10-11,13,24H,1-3,5-6,9H2,(H,23,27)/t11-,13-/m0/s1. The van der Waals surface area contributed by atoms with Gasteiger partial charge in [-0.05, 0) is 40.2 Å². The van der Waals surface area contributed by atoms with Gasteiger partial charge in [0.05, 0.1) is 10.5 Å². The van der Waals surface area contributed by atoms with Crippen molar-refractivity contribution in [2.45, 2.75) is 62.8 Å². The van der Waals surface area contributed by atoms with Crippen LogP contribution in [0.4, 0.5) is 19.0 Å². The fourth-order valence-electron chi connectivity index (χ4n) is 3.91. The highest BCUT2D eigenvalue weighted by atomic mass is 79.9. The summed E-state index contributed by atoms with van der Waals surface area (Å²) in [6, 6.07) is 1.41. The Morgan fingerprint density at radius 3 is 2.71 bits per heavy atom. The van der Waals surface area contributed by atoms with Crippen molar-refractivity contribution < 1.29 is 18.0 Å². The monoisotopic (exact) mass is 476 g/mol.